The molecule has 3 heterocycles. The quantitative estimate of drug-likeness (QED) is 0.601. The predicted molar refractivity (Wildman–Crippen MR) is 111 cm³/mol. The summed E-state index contributed by atoms with van der Waals surface area (Å²) in [5.41, 5.74) is 6.69. The van der Waals surface area contributed by atoms with Crippen LogP contribution in [0.15, 0.2) is 28.8 Å². The molecule has 1 aliphatic rings. The lowest BCUT2D eigenvalue weighted by Crippen LogP contribution is -2.36. The van der Waals surface area contributed by atoms with Crippen LogP contribution in [0.2, 0.25) is 0 Å². The lowest BCUT2D eigenvalue weighted by molar-refractivity contribution is 0.0113. The minimum absolute atomic E-state index is 0. The molecule has 1 aromatic carbocycles. The van der Waals surface area contributed by atoms with Gasteiger partial charge in [0, 0.05) is 17.1 Å². The average molecular weight is 445 g/mol. The van der Waals surface area contributed by atoms with Crippen molar-refractivity contribution >= 4 is 29.0 Å². The molecule has 30 heavy (non-hydrogen) atoms. The van der Waals surface area contributed by atoms with Gasteiger partial charge in [-0.05, 0) is 51.2 Å². The first-order valence-corrected chi connectivity index (χ1v) is 9.52. The molecule has 1 atom stereocenters. The van der Waals surface area contributed by atoms with Gasteiger partial charge >= 0.3 is 0 Å². The summed E-state index contributed by atoms with van der Waals surface area (Å²) in [5.74, 6) is 0.170. The van der Waals surface area contributed by atoms with Crippen LogP contribution in [0.4, 0.5) is 18.9 Å². The Hall–Kier alpha value is -2.30. The van der Waals surface area contributed by atoms with Crippen molar-refractivity contribution in [2.45, 2.75) is 38.1 Å². The number of hydrogen-bond donors (Lipinski definition) is 2. The molecule has 2 aromatic heterocycles. The number of alkyl halides is 3. The molecule has 4 rings (SSSR count). The summed E-state index contributed by atoms with van der Waals surface area (Å²) in [4.78, 5) is 6.35. The van der Waals surface area contributed by atoms with Crippen molar-refractivity contribution in [1.29, 1.82) is 0 Å². The number of aromatic nitrogens is 3. The third-order valence-corrected chi connectivity index (χ3v) is 5.29. The number of hydrogen-bond acceptors (Lipinski definition) is 6. The van der Waals surface area contributed by atoms with Crippen LogP contribution in [0.1, 0.15) is 25.0 Å². The van der Waals surface area contributed by atoms with Gasteiger partial charge in [0.2, 0.25) is 6.30 Å². The fraction of sp³-hybridized carbons (Fsp3) is 0.474. The Balaban J connectivity index is 0.00000256. The summed E-state index contributed by atoms with van der Waals surface area (Å²) in [7, 11) is 2.08. The molecule has 0 spiro atoms. The zero-order chi connectivity index (χ0) is 20.5. The highest BCUT2D eigenvalue weighted by molar-refractivity contribution is 5.96. The van der Waals surface area contributed by atoms with E-state index in [0.29, 0.717) is 10.9 Å². The van der Waals surface area contributed by atoms with Crippen LogP contribution in [0.5, 0.6) is 0 Å². The van der Waals surface area contributed by atoms with Crippen LogP contribution < -0.4 is 11.1 Å². The maximum atomic E-state index is 14.6. The standard InChI is InChI=1S/C19H23F3N6O.ClH/c1-27-7-5-11(6-8-27)24-13-3-2-4-14-12(13)9-15(28(14)18(22)17(20)21)19-25-16(10-23)26-29-19;/h2-4,9,11,17-18,24H,5-8,10,23H2,1H3;1H. The normalized spacial score (nSPS) is 16.7. The van der Waals surface area contributed by atoms with E-state index in [0.717, 1.165) is 36.2 Å². The monoisotopic (exact) mass is 444 g/mol. The van der Waals surface area contributed by atoms with Crippen LogP contribution >= 0.6 is 12.4 Å². The van der Waals surface area contributed by atoms with Crippen LogP contribution in [0.25, 0.3) is 22.5 Å². The average Bonchev–Trinajstić information content (AvgIpc) is 3.34. The van der Waals surface area contributed by atoms with Crippen LogP contribution in [-0.2, 0) is 6.54 Å². The predicted octanol–water partition coefficient (Wildman–Crippen LogP) is 3.81. The van der Waals surface area contributed by atoms with E-state index in [1.54, 1.807) is 18.2 Å². The molecule has 0 saturated carbocycles. The topological polar surface area (TPSA) is 85.1 Å². The molecule has 3 N–H and O–H groups in total. The Morgan fingerprint density at radius 2 is 2.00 bits per heavy atom. The summed E-state index contributed by atoms with van der Waals surface area (Å²) < 4.78 is 47.2. The minimum atomic E-state index is -3.20. The number of piperidine rings is 1. The van der Waals surface area contributed by atoms with E-state index in [1.807, 2.05) is 6.07 Å². The summed E-state index contributed by atoms with van der Waals surface area (Å²) >= 11 is 0. The second kappa shape index (κ2) is 9.23. The van der Waals surface area contributed by atoms with Gasteiger partial charge in [-0.3, -0.25) is 0 Å². The molecule has 164 valence electrons. The molecule has 0 bridgehead atoms. The molecule has 1 unspecified atom stereocenters. The smallest absolute Gasteiger partial charge is 0.288 e. The maximum absolute atomic E-state index is 14.6. The van der Waals surface area contributed by atoms with Crippen LogP contribution in [0.3, 0.4) is 0 Å². The highest BCUT2D eigenvalue weighted by atomic mass is 35.5. The van der Waals surface area contributed by atoms with Gasteiger partial charge in [0.05, 0.1) is 12.1 Å². The number of halogens is 4. The Morgan fingerprint density at radius 3 is 2.63 bits per heavy atom. The van der Waals surface area contributed by atoms with Crippen molar-refractivity contribution in [1.82, 2.24) is 19.6 Å². The van der Waals surface area contributed by atoms with Crippen molar-refractivity contribution < 1.29 is 17.7 Å². The Morgan fingerprint density at radius 1 is 1.27 bits per heavy atom. The first-order chi connectivity index (χ1) is 14.0. The summed E-state index contributed by atoms with van der Waals surface area (Å²) in [6.45, 7) is 1.98. The molecule has 7 nitrogen and oxygen atoms in total. The van der Waals surface area contributed by atoms with E-state index in [1.165, 1.54) is 0 Å². The van der Waals surface area contributed by atoms with Gasteiger partial charge in [0.25, 0.3) is 12.3 Å². The van der Waals surface area contributed by atoms with Gasteiger partial charge in [-0.25, -0.2) is 13.2 Å². The van der Waals surface area contributed by atoms with Crippen LogP contribution in [0, 0.1) is 0 Å². The fourth-order valence-corrected chi connectivity index (χ4v) is 3.73. The zero-order valence-corrected chi connectivity index (χ0v) is 17.2. The van der Waals surface area contributed by atoms with Gasteiger partial charge in [-0.15, -0.1) is 12.4 Å². The molecular weight excluding hydrogens is 421 g/mol. The molecule has 1 fully saturated rings. The molecular formula is C19H24ClF3N6O. The van der Waals surface area contributed by atoms with E-state index in [2.05, 4.69) is 27.4 Å². The maximum Gasteiger partial charge on any atom is 0.288 e. The van der Waals surface area contributed by atoms with E-state index in [9.17, 15) is 13.2 Å². The van der Waals surface area contributed by atoms with E-state index >= 15 is 0 Å². The molecule has 0 radical (unpaired) electrons. The SMILES string of the molecule is CN1CCC(Nc2cccc3c2cc(-c2nc(CN)no2)n3C(F)C(F)F)CC1.Cl. The zero-order valence-electron chi connectivity index (χ0n) is 16.4. The Kier molecular flexibility index (Phi) is 6.89. The first-order valence-electron chi connectivity index (χ1n) is 9.52. The third-order valence-electron chi connectivity index (χ3n) is 5.29. The molecule has 0 amide bonds. The lowest BCUT2D eigenvalue weighted by atomic mass is 10.0. The second-order valence-corrected chi connectivity index (χ2v) is 7.29. The highest BCUT2D eigenvalue weighted by Crippen LogP contribution is 2.37. The number of nitrogens with one attached hydrogen (secondary N) is 1. The summed E-state index contributed by atoms with van der Waals surface area (Å²) in [6, 6.07) is 7.05. The largest absolute Gasteiger partial charge is 0.382 e. The molecule has 1 aliphatic heterocycles. The lowest BCUT2D eigenvalue weighted by Gasteiger charge is -2.30. The molecule has 3 aromatic rings. The Labute approximate surface area is 177 Å². The van der Waals surface area contributed by atoms with Crippen molar-refractivity contribution in [2.24, 2.45) is 5.73 Å². The second-order valence-electron chi connectivity index (χ2n) is 7.29. The number of rotatable bonds is 6. The van der Waals surface area contributed by atoms with E-state index in [-0.39, 0.29) is 42.4 Å². The molecule has 0 aliphatic carbocycles. The summed E-state index contributed by atoms with van der Waals surface area (Å²) in [6.07, 6.45) is -3.82. The number of nitrogens with zero attached hydrogens (tertiary/aromatic N) is 4. The highest BCUT2D eigenvalue weighted by Gasteiger charge is 2.29. The number of fused-ring (bicyclic) bond motifs is 1. The van der Waals surface area contributed by atoms with Gasteiger partial charge in [-0.2, -0.15) is 4.98 Å². The summed E-state index contributed by atoms with van der Waals surface area (Å²) in [5, 5.41) is 7.80. The van der Waals surface area contributed by atoms with Crippen molar-refractivity contribution in [3.8, 4) is 11.6 Å². The van der Waals surface area contributed by atoms with Crippen molar-refractivity contribution in [3.05, 3.63) is 30.1 Å². The Bertz CT molecular complexity index is 986. The number of nitrogens with two attached hydrogens (primary N) is 1. The first kappa shape index (κ1) is 22.4. The number of likely N-dealkylation sites (tertiary alicyclic amines) is 1. The molecule has 1 saturated heterocycles. The minimum Gasteiger partial charge on any atom is -0.382 e. The van der Waals surface area contributed by atoms with Gasteiger partial charge < -0.3 is 25.0 Å². The number of anilines is 1. The fourth-order valence-electron chi connectivity index (χ4n) is 3.73. The van der Waals surface area contributed by atoms with Crippen molar-refractivity contribution in [2.75, 3.05) is 25.5 Å². The van der Waals surface area contributed by atoms with E-state index in [4.69, 9.17) is 10.3 Å². The van der Waals surface area contributed by atoms with Gasteiger partial charge in [-0.1, -0.05) is 11.2 Å². The van der Waals surface area contributed by atoms with Crippen molar-refractivity contribution in [3.63, 3.8) is 0 Å². The van der Waals surface area contributed by atoms with Crippen LogP contribution in [-0.4, -0.2) is 52.2 Å². The third kappa shape index (κ3) is 4.26. The molecule has 11 heteroatoms. The van der Waals surface area contributed by atoms with Gasteiger partial charge in [0.15, 0.2) is 5.82 Å². The van der Waals surface area contributed by atoms with Gasteiger partial charge in [0.1, 0.15) is 5.69 Å². The van der Waals surface area contributed by atoms with E-state index < -0.39 is 12.7 Å². The number of benzene rings is 1.